The lowest BCUT2D eigenvalue weighted by atomic mass is 10.1. The van der Waals surface area contributed by atoms with Crippen molar-refractivity contribution < 1.29 is 4.79 Å². The van der Waals surface area contributed by atoms with E-state index >= 15 is 0 Å². The van der Waals surface area contributed by atoms with Gasteiger partial charge < -0.3 is 11.1 Å². The Balaban J connectivity index is 1.56. The van der Waals surface area contributed by atoms with E-state index in [1.54, 1.807) is 0 Å². The molecule has 0 aromatic heterocycles. The highest BCUT2D eigenvalue weighted by Crippen LogP contribution is 2.16. The standard InChI is InChI=1S/C21H27N3O/c22-15-17-5-9-19(10-6-17)21(25)23-20-11-7-18(8-12-20)16-24-13-3-1-2-4-14-24/h5-12H,1-4,13-16,22H2,(H,23,25). The summed E-state index contributed by atoms with van der Waals surface area (Å²) < 4.78 is 0. The zero-order valence-electron chi connectivity index (χ0n) is 14.7. The van der Waals surface area contributed by atoms with Crippen molar-refractivity contribution in [2.45, 2.75) is 38.8 Å². The fraction of sp³-hybridized carbons (Fsp3) is 0.381. The van der Waals surface area contributed by atoms with Crippen molar-refractivity contribution >= 4 is 11.6 Å². The van der Waals surface area contributed by atoms with Gasteiger partial charge in [-0.1, -0.05) is 37.1 Å². The quantitative estimate of drug-likeness (QED) is 0.873. The normalized spacial score (nSPS) is 15.6. The van der Waals surface area contributed by atoms with Crippen molar-refractivity contribution in [3.8, 4) is 0 Å². The topological polar surface area (TPSA) is 58.4 Å². The third kappa shape index (κ3) is 5.15. The Morgan fingerprint density at radius 3 is 2.08 bits per heavy atom. The Morgan fingerprint density at radius 2 is 1.48 bits per heavy atom. The van der Waals surface area contributed by atoms with Crippen LogP contribution in [0.1, 0.15) is 47.2 Å². The Labute approximate surface area is 150 Å². The van der Waals surface area contributed by atoms with E-state index in [0.717, 1.165) is 17.8 Å². The molecule has 2 aromatic rings. The predicted molar refractivity (Wildman–Crippen MR) is 102 cm³/mol. The number of likely N-dealkylation sites (tertiary alicyclic amines) is 1. The second-order valence-electron chi connectivity index (χ2n) is 6.74. The molecule has 1 saturated heterocycles. The smallest absolute Gasteiger partial charge is 0.255 e. The monoisotopic (exact) mass is 337 g/mol. The summed E-state index contributed by atoms with van der Waals surface area (Å²) in [5.74, 6) is -0.0937. The van der Waals surface area contributed by atoms with E-state index in [-0.39, 0.29) is 5.91 Å². The number of amides is 1. The molecular formula is C21H27N3O. The Bertz CT molecular complexity index is 671. The first kappa shape index (κ1) is 17.6. The molecule has 0 bridgehead atoms. The number of nitrogens with two attached hydrogens (primary N) is 1. The van der Waals surface area contributed by atoms with Crippen molar-refractivity contribution in [1.29, 1.82) is 0 Å². The number of carbonyl (C=O) groups is 1. The molecule has 1 aliphatic heterocycles. The molecule has 1 fully saturated rings. The highest BCUT2D eigenvalue weighted by atomic mass is 16.1. The lowest BCUT2D eigenvalue weighted by Gasteiger charge is -2.19. The fourth-order valence-corrected chi connectivity index (χ4v) is 3.24. The van der Waals surface area contributed by atoms with Crippen molar-refractivity contribution in [1.82, 2.24) is 4.90 Å². The number of rotatable bonds is 5. The Morgan fingerprint density at radius 1 is 0.880 bits per heavy atom. The van der Waals surface area contributed by atoms with Crippen LogP contribution >= 0.6 is 0 Å². The number of nitrogens with zero attached hydrogens (tertiary/aromatic N) is 1. The van der Waals surface area contributed by atoms with Gasteiger partial charge in [0.2, 0.25) is 0 Å². The van der Waals surface area contributed by atoms with Gasteiger partial charge in [0, 0.05) is 24.3 Å². The minimum Gasteiger partial charge on any atom is -0.326 e. The second kappa shape index (κ2) is 8.79. The van der Waals surface area contributed by atoms with Crippen LogP contribution in [-0.2, 0) is 13.1 Å². The lowest BCUT2D eigenvalue weighted by Crippen LogP contribution is -2.23. The summed E-state index contributed by atoms with van der Waals surface area (Å²) in [4.78, 5) is 14.8. The van der Waals surface area contributed by atoms with Gasteiger partial charge in [-0.15, -0.1) is 0 Å². The van der Waals surface area contributed by atoms with Gasteiger partial charge in [0.1, 0.15) is 0 Å². The first-order chi connectivity index (χ1) is 12.2. The SMILES string of the molecule is NCc1ccc(C(=O)Nc2ccc(CN3CCCCCC3)cc2)cc1. The largest absolute Gasteiger partial charge is 0.326 e. The molecule has 132 valence electrons. The minimum absolute atomic E-state index is 0.0937. The Kier molecular flexibility index (Phi) is 6.20. The molecule has 0 saturated carbocycles. The van der Waals surface area contributed by atoms with Gasteiger partial charge in [-0.3, -0.25) is 9.69 Å². The van der Waals surface area contributed by atoms with Crippen molar-refractivity contribution in [3.63, 3.8) is 0 Å². The summed E-state index contributed by atoms with van der Waals surface area (Å²) in [6.45, 7) is 3.86. The van der Waals surface area contributed by atoms with Crippen LogP contribution in [0.2, 0.25) is 0 Å². The van der Waals surface area contributed by atoms with Crippen LogP contribution in [0.5, 0.6) is 0 Å². The number of carbonyl (C=O) groups excluding carboxylic acids is 1. The van der Waals surface area contributed by atoms with E-state index in [1.807, 2.05) is 36.4 Å². The van der Waals surface area contributed by atoms with Gasteiger partial charge in [-0.2, -0.15) is 0 Å². The van der Waals surface area contributed by atoms with Crippen LogP contribution in [0.3, 0.4) is 0 Å². The van der Waals surface area contributed by atoms with E-state index in [9.17, 15) is 4.79 Å². The molecule has 0 aliphatic carbocycles. The molecule has 1 aliphatic rings. The van der Waals surface area contributed by atoms with Crippen molar-refractivity contribution in [2.24, 2.45) is 5.73 Å². The van der Waals surface area contributed by atoms with Crippen LogP contribution in [0, 0.1) is 0 Å². The van der Waals surface area contributed by atoms with Gasteiger partial charge in [0.05, 0.1) is 0 Å². The third-order valence-electron chi connectivity index (χ3n) is 4.77. The molecular weight excluding hydrogens is 310 g/mol. The molecule has 0 atom stereocenters. The maximum atomic E-state index is 12.3. The van der Waals surface area contributed by atoms with Gasteiger partial charge in [-0.05, 0) is 61.3 Å². The highest BCUT2D eigenvalue weighted by Gasteiger charge is 2.10. The average Bonchev–Trinajstić information content (AvgIpc) is 2.92. The molecule has 0 spiro atoms. The summed E-state index contributed by atoms with van der Waals surface area (Å²) in [6.07, 6.45) is 5.32. The van der Waals surface area contributed by atoms with Gasteiger partial charge in [0.25, 0.3) is 5.91 Å². The summed E-state index contributed by atoms with van der Waals surface area (Å²) in [5, 5.41) is 2.95. The molecule has 2 aromatic carbocycles. The number of anilines is 1. The van der Waals surface area contributed by atoms with Crippen LogP contribution < -0.4 is 11.1 Å². The summed E-state index contributed by atoms with van der Waals surface area (Å²) in [5.41, 5.74) is 9.38. The van der Waals surface area contributed by atoms with Gasteiger partial charge >= 0.3 is 0 Å². The van der Waals surface area contributed by atoms with Crippen LogP contribution in [0.4, 0.5) is 5.69 Å². The summed E-state index contributed by atoms with van der Waals surface area (Å²) in [7, 11) is 0. The van der Waals surface area contributed by atoms with Crippen molar-refractivity contribution in [3.05, 3.63) is 65.2 Å². The van der Waals surface area contributed by atoms with E-state index in [2.05, 4.69) is 22.3 Å². The molecule has 3 rings (SSSR count). The third-order valence-corrected chi connectivity index (χ3v) is 4.77. The maximum absolute atomic E-state index is 12.3. The number of hydrogen-bond acceptors (Lipinski definition) is 3. The van der Waals surface area contributed by atoms with Crippen LogP contribution in [0.25, 0.3) is 0 Å². The molecule has 0 radical (unpaired) electrons. The molecule has 4 nitrogen and oxygen atoms in total. The number of benzene rings is 2. The van der Waals surface area contributed by atoms with E-state index < -0.39 is 0 Å². The zero-order valence-corrected chi connectivity index (χ0v) is 14.7. The highest BCUT2D eigenvalue weighted by molar-refractivity contribution is 6.04. The lowest BCUT2D eigenvalue weighted by molar-refractivity contribution is 0.102. The van der Waals surface area contributed by atoms with Crippen LogP contribution in [-0.4, -0.2) is 23.9 Å². The van der Waals surface area contributed by atoms with E-state index in [0.29, 0.717) is 12.1 Å². The minimum atomic E-state index is -0.0937. The van der Waals surface area contributed by atoms with Crippen LogP contribution in [0.15, 0.2) is 48.5 Å². The summed E-state index contributed by atoms with van der Waals surface area (Å²) >= 11 is 0. The van der Waals surface area contributed by atoms with Gasteiger partial charge in [0.15, 0.2) is 0 Å². The molecule has 1 heterocycles. The van der Waals surface area contributed by atoms with E-state index in [4.69, 9.17) is 5.73 Å². The molecule has 1 amide bonds. The molecule has 25 heavy (non-hydrogen) atoms. The first-order valence-corrected chi connectivity index (χ1v) is 9.16. The molecule has 4 heteroatoms. The summed E-state index contributed by atoms with van der Waals surface area (Å²) in [6, 6.07) is 15.6. The van der Waals surface area contributed by atoms with Gasteiger partial charge in [-0.25, -0.2) is 0 Å². The molecule has 3 N–H and O–H groups in total. The molecule has 0 unspecified atom stereocenters. The number of nitrogens with one attached hydrogen (secondary N) is 1. The number of hydrogen-bond donors (Lipinski definition) is 2. The van der Waals surface area contributed by atoms with Crippen molar-refractivity contribution in [2.75, 3.05) is 18.4 Å². The zero-order chi connectivity index (χ0) is 17.5. The Hall–Kier alpha value is -2.17. The average molecular weight is 337 g/mol. The maximum Gasteiger partial charge on any atom is 0.255 e. The fourth-order valence-electron chi connectivity index (χ4n) is 3.24. The second-order valence-corrected chi connectivity index (χ2v) is 6.74. The van der Waals surface area contributed by atoms with E-state index in [1.165, 1.54) is 44.3 Å². The first-order valence-electron chi connectivity index (χ1n) is 9.16. The predicted octanol–water partition coefficient (Wildman–Crippen LogP) is 3.77.